The van der Waals surface area contributed by atoms with Crippen molar-refractivity contribution in [2.24, 2.45) is 5.92 Å². The largest absolute Gasteiger partial charge is 0.303 e. The van der Waals surface area contributed by atoms with Crippen molar-refractivity contribution < 1.29 is 4.79 Å². The highest BCUT2D eigenvalue weighted by Gasteiger charge is 2.31. The van der Waals surface area contributed by atoms with E-state index in [4.69, 9.17) is 0 Å². The molecule has 18 heavy (non-hydrogen) atoms. The summed E-state index contributed by atoms with van der Waals surface area (Å²) < 4.78 is 1.03. The van der Waals surface area contributed by atoms with Crippen LogP contribution in [0.25, 0.3) is 6.08 Å². The molecule has 94 valence electrons. The standard InChI is InChI=1S/C15H16BrNO/c1-9-2-3-10-6-11-7-12(16)4-5-13(11)15(18)14(10)17-8-9/h4-7,9,14,17H,2-3,8H2,1H3. The van der Waals surface area contributed by atoms with E-state index in [1.807, 2.05) is 18.2 Å². The number of hydrogen-bond acceptors (Lipinski definition) is 2. The van der Waals surface area contributed by atoms with Crippen LogP contribution in [0.4, 0.5) is 0 Å². The SMILES string of the molecule is CC1CCC2=Cc3cc(Br)ccc3C(=O)C2NC1. The van der Waals surface area contributed by atoms with Crippen molar-refractivity contribution in [2.75, 3.05) is 6.54 Å². The van der Waals surface area contributed by atoms with Gasteiger partial charge in [-0.25, -0.2) is 0 Å². The van der Waals surface area contributed by atoms with Crippen LogP contribution in [-0.4, -0.2) is 18.4 Å². The van der Waals surface area contributed by atoms with Crippen LogP contribution in [0.2, 0.25) is 0 Å². The average Bonchev–Trinajstić information content (AvgIpc) is 2.52. The maximum Gasteiger partial charge on any atom is 0.184 e. The van der Waals surface area contributed by atoms with E-state index in [1.54, 1.807) is 0 Å². The van der Waals surface area contributed by atoms with E-state index in [0.29, 0.717) is 5.92 Å². The van der Waals surface area contributed by atoms with Gasteiger partial charge in [0.15, 0.2) is 5.78 Å². The van der Waals surface area contributed by atoms with Crippen LogP contribution >= 0.6 is 15.9 Å². The van der Waals surface area contributed by atoms with E-state index >= 15 is 0 Å². The molecule has 3 heteroatoms. The molecule has 1 aliphatic carbocycles. The van der Waals surface area contributed by atoms with E-state index in [9.17, 15) is 4.79 Å². The third-order valence-electron chi connectivity index (χ3n) is 3.85. The first-order valence-corrected chi connectivity index (χ1v) is 7.22. The number of ketones is 1. The highest BCUT2D eigenvalue weighted by Crippen LogP contribution is 2.31. The van der Waals surface area contributed by atoms with E-state index in [-0.39, 0.29) is 11.8 Å². The minimum atomic E-state index is -0.0939. The van der Waals surface area contributed by atoms with Crippen molar-refractivity contribution in [3.8, 4) is 0 Å². The number of fused-ring (bicyclic) bond motifs is 2. The molecule has 0 amide bonds. The maximum absolute atomic E-state index is 12.5. The molecule has 1 fully saturated rings. The molecule has 0 radical (unpaired) electrons. The summed E-state index contributed by atoms with van der Waals surface area (Å²) >= 11 is 3.47. The first-order valence-electron chi connectivity index (χ1n) is 6.43. The molecule has 2 unspecified atom stereocenters. The number of carbonyl (C=O) groups excluding carboxylic acids is 1. The van der Waals surface area contributed by atoms with Gasteiger partial charge in [-0.2, -0.15) is 0 Å². The van der Waals surface area contributed by atoms with Crippen LogP contribution in [0.5, 0.6) is 0 Å². The first-order chi connectivity index (χ1) is 8.65. The van der Waals surface area contributed by atoms with Crippen LogP contribution in [0, 0.1) is 5.92 Å². The van der Waals surface area contributed by atoms with E-state index < -0.39 is 0 Å². The highest BCUT2D eigenvalue weighted by atomic mass is 79.9. The Kier molecular flexibility index (Phi) is 3.12. The first kappa shape index (κ1) is 12.1. The number of nitrogens with one attached hydrogen (secondary N) is 1. The third kappa shape index (κ3) is 2.06. The molecule has 3 rings (SSSR count). The van der Waals surface area contributed by atoms with Crippen LogP contribution in [-0.2, 0) is 0 Å². The van der Waals surface area contributed by atoms with Gasteiger partial charge in [0.25, 0.3) is 0 Å². The number of hydrogen-bond donors (Lipinski definition) is 1. The molecule has 1 saturated heterocycles. The fraction of sp³-hybridized carbons (Fsp3) is 0.400. The number of carbonyl (C=O) groups is 1. The van der Waals surface area contributed by atoms with Gasteiger partial charge >= 0.3 is 0 Å². The molecular formula is C15H16BrNO. The van der Waals surface area contributed by atoms with E-state index in [1.165, 1.54) is 5.57 Å². The lowest BCUT2D eigenvalue weighted by Crippen LogP contribution is -2.40. The summed E-state index contributed by atoms with van der Waals surface area (Å²) in [4.78, 5) is 12.5. The highest BCUT2D eigenvalue weighted by molar-refractivity contribution is 9.10. The van der Waals surface area contributed by atoms with Crippen LogP contribution < -0.4 is 5.32 Å². The van der Waals surface area contributed by atoms with Gasteiger partial charge in [0.1, 0.15) is 0 Å². The van der Waals surface area contributed by atoms with Crippen LogP contribution in [0.1, 0.15) is 35.7 Å². The predicted molar refractivity (Wildman–Crippen MR) is 76.6 cm³/mol. The molecule has 0 aromatic heterocycles. The van der Waals surface area contributed by atoms with Crippen LogP contribution in [0.3, 0.4) is 0 Å². The van der Waals surface area contributed by atoms with Gasteiger partial charge in [0.05, 0.1) is 6.04 Å². The summed E-state index contributed by atoms with van der Waals surface area (Å²) in [6, 6.07) is 5.80. The number of halogens is 1. The van der Waals surface area contributed by atoms with Crippen molar-refractivity contribution >= 4 is 27.8 Å². The quantitative estimate of drug-likeness (QED) is 0.796. The zero-order valence-electron chi connectivity index (χ0n) is 10.4. The second-order valence-corrected chi connectivity index (χ2v) is 6.22. The van der Waals surface area contributed by atoms with Gasteiger partial charge in [-0.1, -0.05) is 28.9 Å². The summed E-state index contributed by atoms with van der Waals surface area (Å²) in [5, 5.41) is 3.41. The normalized spacial score (nSPS) is 27.0. The Labute approximate surface area is 116 Å². The molecule has 0 bridgehead atoms. The second-order valence-electron chi connectivity index (χ2n) is 5.30. The topological polar surface area (TPSA) is 29.1 Å². The fourth-order valence-corrected chi connectivity index (χ4v) is 3.14. The average molecular weight is 306 g/mol. The third-order valence-corrected chi connectivity index (χ3v) is 4.34. The molecule has 0 saturated carbocycles. The number of rotatable bonds is 0. The molecule has 1 heterocycles. The lowest BCUT2D eigenvalue weighted by atomic mass is 9.85. The zero-order valence-corrected chi connectivity index (χ0v) is 12.0. The monoisotopic (exact) mass is 305 g/mol. The van der Waals surface area contributed by atoms with Crippen molar-refractivity contribution in [2.45, 2.75) is 25.8 Å². The van der Waals surface area contributed by atoms with Crippen molar-refractivity contribution in [3.05, 3.63) is 39.4 Å². The van der Waals surface area contributed by atoms with Gasteiger partial charge in [-0.15, -0.1) is 0 Å². The molecule has 0 spiro atoms. The Morgan fingerprint density at radius 2 is 2.22 bits per heavy atom. The van der Waals surface area contributed by atoms with Crippen molar-refractivity contribution in [1.82, 2.24) is 5.32 Å². The lowest BCUT2D eigenvalue weighted by molar-refractivity contribution is 0.0957. The molecule has 1 aromatic rings. The smallest absolute Gasteiger partial charge is 0.184 e. The Morgan fingerprint density at radius 1 is 1.39 bits per heavy atom. The minimum absolute atomic E-state index is 0.0939. The van der Waals surface area contributed by atoms with Gasteiger partial charge in [-0.3, -0.25) is 4.79 Å². The summed E-state index contributed by atoms with van der Waals surface area (Å²) in [7, 11) is 0. The zero-order chi connectivity index (χ0) is 12.7. The second kappa shape index (κ2) is 4.63. The van der Waals surface area contributed by atoms with Crippen LogP contribution in [0.15, 0.2) is 28.2 Å². The predicted octanol–water partition coefficient (Wildman–Crippen LogP) is 3.42. The Morgan fingerprint density at radius 3 is 3.06 bits per heavy atom. The summed E-state index contributed by atoms with van der Waals surface area (Å²) in [6.07, 6.45) is 4.37. The van der Waals surface area contributed by atoms with Gasteiger partial charge in [0, 0.05) is 10.0 Å². The van der Waals surface area contributed by atoms with E-state index in [0.717, 1.165) is 35.0 Å². The molecule has 2 nitrogen and oxygen atoms in total. The minimum Gasteiger partial charge on any atom is -0.303 e. The Bertz CT molecular complexity index is 535. The molecule has 1 N–H and O–H groups in total. The van der Waals surface area contributed by atoms with Gasteiger partial charge < -0.3 is 5.32 Å². The molecule has 1 aromatic carbocycles. The summed E-state index contributed by atoms with van der Waals surface area (Å²) in [5.74, 6) is 0.864. The Balaban J connectivity index is 2.05. The van der Waals surface area contributed by atoms with Crippen molar-refractivity contribution in [1.29, 1.82) is 0 Å². The Hall–Kier alpha value is -0.930. The number of benzene rings is 1. The molecular weight excluding hydrogens is 290 g/mol. The molecule has 2 atom stereocenters. The lowest BCUT2D eigenvalue weighted by Gasteiger charge is -2.24. The van der Waals surface area contributed by atoms with Gasteiger partial charge in [-0.05, 0) is 54.6 Å². The van der Waals surface area contributed by atoms with Crippen molar-refractivity contribution in [3.63, 3.8) is 0 Å². The molecule has 1 aliphatic heterocycles. The van der Waals surface area contributed by atoms with Gasteiger partial charge in [0.2, 0.25) is 0 Å². The molecule has 2 aliphatic rings. The summed E-state index contributed by atoms with van der Waals surface area (Å²) in [6.45, 7) is 3.17. The van der Waals surface area contributed by atoms with E-state index in [2.05, 4.69) is 34.2 Å². The fourth-order valence-electron chi connectivity index (χ4n) is 2.76. The maximum atomic E-state index is 12.5. The number of Topliss-reactive ketones (excluding diaryl/α,β-unsaturated/α-hetero) is 1. The summed E-state index contributed by atoms with van der Waals surface area (Å²) in [5.41, 5.74) is 3.14.